The molecular formula is C20H19NO4. The number of esters is 1. The molecule has 25 heavy (non-hydrogen) atoms. The van der Waals surface area contributed by atoms with E-state index in [1.807, 2.05) is 25.1 Å². The van der Waals surface area contributed by atoms with Crippen LogP contribution in [0.5, 0.6) is 5.75 Å². The average Bonchev–Trinajstić information content (AvgIpc) is 2.66. The molecule has 0 aliphatic carbocycles. The fourth-order valence-electron chi connectivity index (χ4n) is 2.22. The summed E-state index contributed by atoms with van der Waals surface area (Å²) >= 11 is 0. The van der Waals surface area contributed by atoms with Gasteiger partial charge in [0.1, 0.15) is 11.8 Å². The highest BCUT2D eigenvalue weighted by molar-refractivity contribution is 6.01. The fraction of sp³-hybridized carbons (Fsp3) is 0.250. The van der Waals surface area contributed by atoms with Gasteiger partial charge in [-0.05, 0) is 43.2 Å². The normalized spacial score (nSPS) is 11.2. The van der Waals surface area contributed by atoms with E-state index in [1.165, 1.54) is 12.1 Å². The molecule has 0 heterocycles. The number of ether oxygens (including phenoxy) is 2. The first-order valence-corrected chi connectivity index (χ1v) is 7.99. The van der Waals surface area contributed by atoms with E-state index in [2.05, 4.69) is 0 Å². The van der Waals surface area contributed by atoms with E-state index in [1.54, 1.807) is 31.2 Å². The van der Waals surface area contributed by atoms with E-state index < -0.39 is 12.1 Å². The summed E-state index contributed by atoms with van der Waals surface area (Å²) in [7, 11) is 0. The Morgan fingerprint density at radius 3 is 2.20 bits per heavy atom. The van der Waals surface area contributed by atoms with Crippen molar-refractivity contribution in [3.8, 4) is 11.8 Å². The minimum absolute atomic E-state index is 0.0633. The second-order valence-electron chi connectivity index (χ2n) is 5.43. The molecule has 0 bridgehead atoms. The molecule has 0 unspecified atom stereocenters. The van der Waals surface area contributed by atoms with E-state index in [0.717, 1.165) is 12.0 Å². The number of ketones is 1. The number of nitriles is 1. The topological polar surface area (TPSA) is 76.4 Å². The average molecular weight is 337 g/mol. The number of hydrogen-bond donors (Lipinski definition) is 0. The minimum Gasteiger partial charge on any atom is -0.479 e. The first-order valence-electron chi connectivity index (χ1n) is 7.99. The fourth-order valence-corrected chi connectivity index (χ4v) is 2.22. The Kier molecular flexibility index (Phi) is 6.30. The zero-order chi connectivity index (χ0) is 18.2. The molecule has 2 rings (SSSR count). The van der Waals surface area contributed by atoms with E-state index in [4.69, 9.17) is 14.7 Å². The van der Waals surface area contributed by atoms with Crippen molar-refractivity contribution in [3.63, 3.8) is 0 Å². The molecule has 5 heteroatoms. The van der Waals surface area contributed by atoms with Gasteiger partial charge in [0.2, 0.25) is 5.78 Å². The molecule has 0 spiro atoms. The monoisotopic (exact) mass is 337 g/mol. The van der Waals surface area contributed by atoms with Gasteiger partial charge < -0.3 is 9.47 Å². The highest BCUT2D eigenvalue weighted by Crippen LogP contribution is 2.15. The van der Waals surface area contributed by atoms with Crippen molar-refractivity contribution in [2.45, 2.75) is 26.4 Å². The zero-order valence-corrected chi connectivity index (χ0v) is 14.2. The van der Waals surface area contributed by atoms with Crippen molar-refractivity contribution in [2.75, 3.05) is 6.61 Å². The number of rotatable bonds is 7. The highest BCUT2D eigenvalue weighted by atomic mass is 16.5. The van der Waals surface area contributed by atoms with Gasteiger partial charge in [0.15, 0.2) is 12.7 Å². The van der Waals surface area contributed by atoms with Gasteiger partial charge in [-0.15, -0.1) is 0 Å². The Labute approximate surface area is 146 Å². The number of benzene rings is 2. The van der Waals surface area contributed by atoms with Crippen molar-refractivity contribution in [2.24, 2.45) is 0 Å². The van der Waals surface area contributed by atoms with Gasteiger partial charge in [-0.25, -0.2) is 4.79 Å². The van der Waals surface area contributed by atoms with E-state index in [9.17, 15) is 9.59 Å². The summed E-state index contributed by atoms with van der Waals surface area (Å²) in [4.78, 5) is 24.5. The van der Waals surface area contributed by atoms with E-state index >= 15 is 0 Å². The minimum atomic E-state index is -0.880. The third-order valence-electron chi connectivity index (χ3n) is 3.69. The molecule has 1 atom stereocenters. The molecule has 0 N–H and O–H groups in total. The number of hydrogen-bond acceptors (Lipinski definition) is 5. The maximum Gasteiger partial charge on any atom is 0.338 e. The number of Topliss-reactive ketones (excluding diaryl/α,β-unsaturated/α-hetero) is 1. The van der Waals surface area contributed by atoms with Gasteiger partial charge in [-0.3, -0.25) is 4.79 Å². The molecular weight excluding hydrogens is 318 g/mol. The van der Waals surface area contributed by atoms with Crippen molar-refractivity contribution in [1.29, 1.82) is 5.26 Å². The van der Waals surface area contributed by atoms with Crippen LogP contribution in [0.2, 0.25) is 0 Å². The van der Waals surface area contributed by atoms with Gasteiger partial charge >= 0.3 is 5.97 Å². The van der Waals surface area contributed by atoms with Gasteiger partial charge in [-0.1, -0.05) is 31.2 Å². The highest BCUT2D eigenvalue weighted by Gasteiger charge is 2.20. The van der Waals surface area contributed by atoms with Gasteiger partial charge in [0.25, 0.3) is 0 Å². The van der Waals surface area contributed by atoms with Gasteiger partial charge in [0.05, 0.1) is 5.56 Å². The first-order chi connectivity index (χ1) is 12.0. The Morgan fingerprint density at radius 1 is 1.04 bits per heavy atom. The van der Waals surface area contributed by atoms with Crippen LogP contribution in [-0.4, -0.2) is 24.5 Å². The lowest BCUT2D eigenvalue weighted by Gasteiger charge is -2.13. The third-order valence-corrected chi connectivity index (χ3v) is 3.69. The molecule has 0 radical (unpaired) electrons. The number of carbonyl (C=O) groups excluding carboxylic acids is 2. The lowest BCUT2D eigenvalue weighted by atomic mass is 10.0. The van der Waals surface area contributed by atoms with Crippen LogP contribution < -0.4 is 4.74 Å². The largest absolute Gasteiger partial charge is 0.479 e. The van der Waals surface area contributed by atoms with Gasteiger partial charge in [0, 0.05) is 5.56 Å². The number of aryl methyl sites for hydroxylation is 1. The van der Waals surface area contributed by atoms with Crippen LogP contribution >= 0.6 is 0 Å². The van der Waals surface area contributed by atoms with Crippen LogP contribution in [0.15, 0.2) is 48.5 Å². The second-order valence-corrected chi connectivity index (χ2v) is 5.43. The summed E-state index contributed by atoms with van der Waals surface area (Å²) in [6.07, 6.45) is 0.0158. The molecule has 0 fully saturated rings. The first kappa shape index (κ1) is 18.2. The summed E-state index contributed by atoms with van der Waals surface area (Å²) in [6.45, 7) is 3.53. The van der Waals surface area contributed by atoms with Crippen LogP contribution in [0.3, 0.4) is 0 Å². The predicted molar refractivity (Wildman–Crippen MR) is 92.6 cm³/mol. The Balaban J connectivity index is 1.98. The molecule has 2 aromatic rings. The lowest BCUT2D eigenvalue weighted by Crippen LogP contribution is -2.24. The van der Waals surface area contributed by atoms with Crippen LogP contribution in [0.25, 0.3) is 0 Å². The van der Waals surface area contributed by atoms with Gasteiger partial charge in [-0.2, -0.15) is 5.26 Å². The van der Waals surface area contributed by atoms with E-state index in [0.29, 0.717) is 16.9 Å². The maximum atomic E-state index is 12.4. The summed E-state index contributed by atoms with van der Waals surface area (Å²) in [5.74, 6) is -0.346. The third kappa shape index (κ3) is 4.92. The molecule has 2 aromatic carbocycles. The smallest absolute Gasteiger partial charge is 0.338 e. The van der Waals surface area contributed by atoms with Crippen LogP contribution in [-0.2, 0) is 11.2 Å². The van der Waals surface area contributed by atoms with Crippen molar-refractivity contribution in [1.82, 2.24) is 0 Å². The molecule has 0 saturated heterocycles. The summed E-state index contributed by atoms with van der Waals surface area (Å²) in [6, 6.07) is 15.3. The number of nitrogens with zero attached hydrogens (tertiary/aromatic N) is 1. The molecule has 0 aliphatic heterocycles. The summed E-state index contributed by atoms with van der Waals surface area (Å²) in [5.41, 5.74) is 1.96. The second kappa shape index (κ2) is 8.65. The maximum absolute atomic E-state index is 12.4. The van der Waals surface area contributed by atoms with Crippen molar-refractivity contribution >= 4 is 11.8 Å². The quantitative estimate of drug-likeness (QED) is 0.570. The van der Waals surface area contributed by atoms with Crippen LogP contribution in [0.4, 0.5) is 0 Å². The standard InChI is InChI=1S/C20H19NO4/c1-3-15-4-6-16(7-5-15)19(22)14(2)25-20(23)17-8-10-18(11-9-17)24-13-12-21/h4-11,14H,3,13H2,1-2H3/t14-/m1/s1. The zero-order valence-electron chi connectivity index (χ0n) is 14.2. The Bertz CT molecular complexity index is 773. The van der Waals surface area contributed by atoms with E-state index in [-0.39, 0.29) is 12.4 Å². The molecule has 0 saturated carbocycles. The lowest BCUT2D eigenvalue weighted by molar-refractivity contribution is 0.0319. The number of carbonyl (C=O) groups is 2. The predicted octanol–water partition coefficient (Wildman–Crippen LogP) is 3.58. The van der Waals surface area contributed by atoms with Crippen LogP contribution in [0.1, 0.15) is 40.1 Å². The summed E-state index contributed by atoms with van der Waals surface area (Å²) in [5, 5.41) is 8.46. The molecule has 0 aromatic heterocycles. The van der Waals surface area contributed by atoms with Crippen molar-refractivity contribution < 1.29 is 19.1 Å². The molecule has 0 amide bonds. The Hall–Kier alpha value is -3.13. The molecule has 128 valence electrons. The SMILES string of the molecule is CCc1ccc(C(=O)[C@@H](C)OC(=O)c2ccc(OCC#N)cc2)cc1. The van der Waals surface area contributed by atoms with Crippen molar-refractivity contribution in [3.05, 3.63) is 65.2 Å². The van der Waals surface area contributed by atoms with Crippen LogP contribution in [0, 0.1) is 11.3 Å². The Morgan fingerprint density at radius 2 is 1.64 bits per heavy atom. The summed E-state index contributed by atoms with van der Waals surface area (Å²) < 4.78 is 10.4. The molecule has 5 nitrogen and oxygen atoms in total. The molecule has 0 aliphatic rings.